The Morgan fingerprint density at radius 3 is 2.71 bits per heavy atom. The highest BCUT2D eigenvalue weighted by Gasteiger charge is 2.15. The van der Waals surface area contributed by atoms with Gasteiger partial charge >= 0.3 is 0 Å². The van der Waals surface area contributed by atoms with Gasteiger partial charge in [0, 0.05) is 22.7 Å². The van der Waals surface area contributed by atoms with Gasteiger partial charge < -0.3 is 5.11 Å². The second-order valence-corrected chi connectivity index (χ2v) is 8.68. The molecule has 21 heavy (non-hydrogen) atoms. The van der Waals surface area contributed by atoms with Crippen LogP contribution in [-0.4, -0.2) is 20.1 Å². The molecule has 0 saturated carbocycles. The van der Waals surface area contributed by atoms with Crippen LogP contribution in [0.3, 0.4) is 0 Å². The van der Waals surface area contributed by atoms with Crippen LogP contribution in [0.4, 0.5) is 0 Å². The van der Waals surface area contributed by atoms with Crippen LogP contribution in [0.15, 0.2) is 28.5 Å². The minimum absolute atomic E-state index is 0.0469. The molecule has 0 atom stereocenters. The second-order valence-electron chi connectivity index (χ2n) is 4.23. The van der Waals surface area contributed by atoms with Crippen molar-refractivity contribution in [1.82, 2.24) is 4.72 Å². The van der Waals surface area contributed by atoms with Gasteiger partial charge in [0.25, 0.3) is 0 Å². The molecule has 2 heterocycles. The zero-order valence-corrected chi connectivity index (χ0v) is 13.9. The minimum Gasteiger partial charge on any atom is -0.395 e. The molecule has 0 fully saturated rings. The van der Waals surface area contributed by atoms with Gasteiger partial charge in [-0.05, 0) is 31.2 Å². The van der Waals surface area contributed by atoms with Crippen molar-refractivity contribution >= 4 is 32.7 Å². The first-order valence-corrected chi connectivity index (χ1v) is 9.37. The van der Waals surface area contributed by atoms with E-state index in [1.807, 2.05) is 19.1 Å². The first-order valence-electron chi connectivity index (χ1n) is 6.26. The van der Waals surface area contributed by atoms with Gasteiger partial charge in [-0.1, -0.05) is 11.8 Å². The molecule has 2 aromatic heterocycles. The molecule has 2 rings (SSSR count). The van der Waals surface area contributed by atoms with Gasteiger partial charge in [0.05, 0.1) is 11.5 Å². The second kappa shape index (κ2) is 7.20. The van der Waals surface area contributed by atoms with Gasteiger partial charge in [0.15, 0.2) is 0 Å². The third kappa shape index (κ3) is 4.66. The normalized spacial score (nSPS) is 11.1. The molecule has 2 aromatic rings. The van der Waals surface area contributed by atoms with E-state index in [2.05, 4.69) is 16.6 Å². The Morgan fingerprint density at radius 2 is 2.05 bits per heavy atom. The smallest absolute Gasteiger partial charge is 0.250 e. The van der Waals surface area contributed by atoms with Crippen LogP contribution in [0.25, 0.3) is 0 Å². The number of aliphatic hydroxyl groups excluding tert-OH is 1. The van der Waals surface area contributed by atoms with Gasteiger partial charge in [0.1, 0.15) is 4.21 Å². The Balaban J connectivity index is 1.99. The SMILES string of the molecule is Cc1ccc(S(=O)(=O)NCc2ccc(C#CCCO)s2)s1. The third-order valence-electron chi connectivity index (χ3n) is 2.53. The van der Waals surface area contributed by atoms with Crippen LogP contribution in [0.2, 0.25) is 0 Å². The van der Waals surface area contributed by atoms with Gasteiger partial charge in [-0.3, -0.25) is 0 Å². The van der Waals surface area contributed by atoms with Gasteiger partial charge in [-0.15, -0.1) is 22.7 Å². The summed E-state index contributed by atoms with van der Waals surface area (Å²) in [5.74, 6) is 5.77. The fraction of sp³-hybridized carbons (Fsp3) is 0.286. The Kier molecular flexibility index (Phi) is 5.56. The van der Waals surface area contributed by atoms with Crippen molar-refractivity contribution in [2.45, 2.75) is 24.1 Å². The predicted octanol–water partition coefficient (Wildman–Crippen LogP) is 2.33. The van der Waals surface area contributed by atoms with Crippen LogP contribution in [0.5, 0.6) is 0 Å². The van der Waals surface area contributed by atoms with E-state index >= 15 is 0 Å². The maximum absolute atomic E-state index is 12.1. The van der Waals surface area contributed by atoms with Crippen LogP contribution in [-0.2, 0) is 16.6 Å². The van der Waals surface area contributed by atoms with Crippen molar-refractivity contribution in [3.63, 3.8) is 0 Å². The van der Waals surface area contributed by atoms with E-state index in [0.29, 0.717) is 10.6 Å². The lowest BCUT2D eigenvalue weighted by atomic mass is 10.4. The van der Waals surface area contributed by atoms with Crippen molar-refractivity contribution in [2.24, 2.45) is 0 Å². The summed E-state index contributed by atoms with van der Waals surface area (Å²) in [5, 5.41) is 8.66. The molecular weight excluding hydrogens is 326 g/mol. The molecule has 0 aromatic carbocycles. The molecule has 0 amide bonds. The monoisotopic (exact) mass is 341 g/mol. The summed E-state index contributed by atoms with van der Waals surface area (Å²) in [6.07, 6.45) is 0.442. The lowest BCUT2D eigenvalue weighted by molar-refractivity contribution is 0.305. The number of nitrogens with one attached hydrogen (secondary N) is 1. The summed E-state index contributed by atoms with van der Waals surface area (Å²) in [4.78, 5) is 2.73. The highest BCUT2D eigenvalue weighted by molar-refractivity contribution is 7.91. The van der Waals surface area contributed by atoms with E-state index in [4.69, 9.17) is 5.11 Å². The van der Waals surface area contributed by atoms with E-state index in [1.54, 1.807) is 12.1 Å². The first-order chi connectivity index (χ1) is 10.0. The average molecular weight is 341 g/mol. The molecule has 0 unspecified atom stereocenters. The predicted molar refractivity (Wildman–Crippen MR) is 86.0 cm³/mol. The molecule has 0 aliphatic carbocycles. The first kappa shape index (κ1) is 16.2. The summed E-state index contributed by atoms with van der Waals surface area (Å²) in [6, 6.07) is 7.12. The lowest BCUT2D eigenvalue weighted by Gasteiger charge is -2.02. The van der Waals surface area contributed by atoms with Gasteiger partial charge in [-0.2, -0.15) is 0 Å². The number of aliphatic hydroxyl groups is 1. The zero-order chi connectivity index (χ0) is 15.3. The van der Waals surface area contributed by atoms with Gasteiger partial charge in [0.2, 0.25) is 10.0 Å². The topological polar surface area (TPSA) is 66.4 Å². The average Bonchev–Trinajstić information content (AvgIpc) is 3.06. The van der Waals surface area contributed by atoms with Gasteiger partial charge in [-0.25, -0.2) is 13.1 Å². The Morgan fingerprint density at radius 1 is 1.24 bits per heavy atom. The number of aryl methyl sites for hydroxylation is 1. The standard InChI is InChI=1S/C14H15NO3S3/c1-11-5-8-14(19-11)21(17,18)15-10-13-7-6-12(20-13)4-2-3-9-16/h5-8,15-16H,3,9-10H2,1H3. The number of sulfonamides is 1. The third-order valence-corrected chi connectivity index (χ3v) is 6.42. The number of hydrogen-bond donors (Lipinski definition) is 2. The van der Waals surface area contributed by atoms with Crippen LogP contribution in [0, 0.1) is 18.8 Å². The van der Waals surface area contributed by atoms with Crippen molar-refractivity contribution in [3.05, 3.63) is 38.9 Å². The maximum atomic E-state index is 12.1. The van der Waals surface area contributed by atoms with Crippen molar-refractivity contribution in [1.29, 1.82) is 0 Å². The Bertz CT molecular complexity index is 763. The molecule has 7 heteroatoms. The fourth-order valence-corrected chi connectivity index (χ4v) is 4.79. The molecule has 0 spiro atoms. The number of rotatable bonds is 5. The van der Waals surface area contributed by atoms with E-state index in [0.717, 1.165) is 14.6 Å². The van der Waals surface area contributed by atoms with E-state index in [1.165, 1.54) is 22.7 Å². The number of thiophene rings is 2. The number of hydrogen-bond acceptors (Lipinski definition) is 5. The summed E-state index contributed by atoms with van der Waals surface area (Å²) < 4.78 is 27.1. The molecule has 0 radical (unpaired) electrons. The quantitative estimate of drug-likeness (QED) is 0.820. The summed E-state index contributed by atoms with van der Waals surface area (Å²) in [6.45, 7) is 2.18. The molecule has 0 aliphatic rings. The highest BCUT2D eigenvalue weighted by Crippen LogP contribution is 2.21. The molecule has 0 bridgehead atoms. The Labute approximate surface area is 132 Å². The maximum Gasteiger partial charge on any atom is 0.250 e. The van der Waals surface area contributed by atoms with Crippen LogP contribution < -0.4 is 4.72 Å². The zero-order valence-electron chi connectivity index (χ0n) is 11.4. The summed E-state index contributed by atoms with van der Waals surface area (Å²) in [5.41, 5.74) is 0. The summed E-state index contributed by atoms with van der Waals surface area (Å²) >= 11 is 2.70. The minimum atomic E-state index is -3.44. The highest BCUT2D eigenvalue weighted by atomic mass is 32.2. The van der Waals surface area contributed by atoms with Crippen molar-refractivity contribution in [3.8, 4) is 11.8 Å². The molecule has 4 nitrogen and oxygen atoms in total. The van der Waals surface area contributed by atoms with Crippen LogP contribution in [0.1, 0.15) is 21.1 Å². The van der Waals surface area contributed by atoms with Crippen molar-refractivity contribution in [2.75, 3.05) is 6.61 Å². The fourth-order valence-electron chi connectivity index (χ4n) is 1.54. The largest absolute Gasteiger partial charge is 0.395 e. The van der Waals surface area contributed by atoms with Crippen molar-refractivity contribution < 1.29 is 13.5 Å². The Hall–Kier alpha value is -1.17. The van der Waals surface area contributed by atoms with E-state index in [9.17, 15) is 8.42 Å². The van der Waals surface area contributed by atoms with E-state index < -0.39 is 10.0 Å². The summed E-state index contributed by atoms with van der Waals surface area (Å²) in [7, 11) is -3.44. The molecular formula is C14H15NO3S3. The molecule has 2 N–H and O–H groups in total. The van der Waals surface area contributed by atoms with Crippen LogP contribution >= 0.6 is 22.7 Å². The molecule has 0 saturated heterocycles. The molecule has 112 valence electrons. The van der Waals surface area contributed by atoms with E-state index in [-0.39, 0.29) is 13.2 Å². The lowest BCUT2D eigenvalue weighted by Crippen LogP contribution is -2.21. The molecule has 0 aliphatic heterocycles.